The van der Waals surface area contributed by atoms with Crippen LogP contribution in [-0.4, -0.2) is 33.2 Å². The van der Waals surface area contributed by atoms with Crippen LogP contribution in [-0.2, 0) is 10.9 Å². The molecule has 6 nitrogen and oxygen atoms in total. The summed E-state index contributed by atoms with van der Waals surface area (Å²) in [5.74, 6) is 0. The SMILES string of the molecule is CCCOCC(C)n1nc(C(F)(F)F)c2c(=O)[nH]ncc21. The molecule has 0 aliphatic carbocycles. The van der Waals surface area contributed by atoms with Crippen molar-refractivity contribution >= 4 is 10.9 Å². The summed E-state index contributed by atoms with van der Waals surface area (Å²) in [6.45, 7) is 4.31. The molecule has 2 heterocycles. The second-order valence-electron chi connectivity index (χ2n) is 4.67. The minimum Gasteiger partial charge on any atom is -0.379 e. The number of alkyl halides is 3. The molecule has 0 bridgehead atoms. The topological polar surface area (TPSA) is 72.8 Å². The lowest BCUT2D eigenvalue weighted by molar-refractivity contribution is -0.140. The van der Waals surface area contributed by atoms with Gasteiger partial charge in [-0.25, -0.2) is 5.10 Å². The molecule has 21 heavy (non-hydrogen) atoms. The Morgan fingerprint density at radius 1 is 1.48 bits per heavy atom. The van der Waals surface area contributed by atoms with Crippen molar-refractivity contribution in [2.45, 2.75) is 32.5 Å². The zero-order valence-electron chi connectivity index (χ0n) is 11.6. The monoisotopic (exact) mass is 304 g/mol. The Morgan fingerprint density at radius 3 is 2.81 bits per heavy atom. The van der Waals surface area contributed by atoms with Crippen LogP contribution in [0.3, 0.4) is 0 Å². The van der Waals surface area contributed by atoms with Crippen LogP contribution in [0.4, 0.5) is 13.2 Å². The molecule has 2 aromatic rings. The van der Waals surface area contributed by atoms with Gasteiger partial charge < -0.3 is 4.74 Å². The van der Waals surface area contributed by atoms with Crippen molar-refractivity contribution in [2.24, 2.45) is 0 Å². The molecule has 0 fully saturated rings. The van der Waals surface area contributed by atoms with E-state index in [1.165, 1.54) is 0 Å². The van der Waals surface area contributed by atoms with Crippen molar-refractivity contribution in [3.63, 3.8) is 0 Å². The summed E-state index contributed by atoms with van der Waals surface area (Å²) >= 11 is 0. The average Bonchev–Trinajstić information content (AvgIpc) is 2.80. The van der Waals surface area contributed by atoms with Crippen molar-refractivity contribution in [1.29, 1.82) is 0 Å². The molecule has 0 aliphatic rings. The van der Waals surface area contributed by atoms with Gasteiger partial charge in [-0.2, -0.15) is 23.4 Å². The Balaban J connectivity index is 2.50. The number of hydrogen-bond donors (Lipinski definition) is 1. The highest BCUT2D eigenvalue weighted by Crippen LogP contribution is 2.33. The third-order valence-corrected chi connectivity index (χ3v) is 2.92. The van der Waals surface area contributed by atoms with Crippen molar-refractivity contribution < 1.29 is 17.9 Å². The molecule has 0 saturated carbocycles. The number of rotatable bonds is 5. The van der Waals surface area contributed by atoms with E-state index in [0.29, 0.717) is 6.61 Å². The smallest absolute Gasteiger partial charge is 0.379 e. The van der Waals surface area contributed by atoms with Crippen LogP contribution in [0.1, 0.15) is 32.0 Å². The van der Waals surface area contributed by atoms with Crippen molar-refractivity contribution in [2.75, 3.05) is 13.2 Å². The third-order valence-electron chi connectivity index (χ3n) is 2.92. The van der Waals surface area contributed by atoms with Crippen LogP contribution < -0.4 is 5.56 Å². The maximum atomic E-state index is 13.0. The van der Waals surface area contributed by atoms with E-state index in [2.05, 4.69) is 10.2 Å². The molecule has 1 atom stereocenters. The molecular formula is C12H15F3N4O2. The number of ether oxygens (including phenoxy) is 1. The Bertz CT molecular complexity index is 677. The van der Waals surface area contributed by atoms with Gasteiger partial charge in [0.15, 0.2) is 5.69 Å². The standard InChI is InChI=1S/C12H15F3N4O2/c1-3-4-21-6-7(2)19-8-5-16-17-11(20)9(8)10(18-19)12(13,14)15/h5,7H,3-4,6H2,1-2H3,(H,17,20). The van der Waals surface area contributed by atoms with Crippen molar-refractivity contribution in [3.05, 3.63) is 22.2 Å². The first-order valence-corrected chi connectivity index (χ1v) is 6.47. The molecule has 0 aliphatic heterocycles. The molecule has 1 N–H and O–H groups in total. The second-order valence-corrected chi connectivity index (χ2v) is 4.67. The van der Waals surface area contributed by atoms with E-state index in [-0.39, 0.29) is 12.1 Å². The van der Waals surface area contributed by atoms with Gasteiger partial charge in [0.2, 0.25) is 0 Å². The van der Waals surface area contributed by atoms with Gasteiger partial charge in [0.05, 0.1) is 24.4 Å². The molecule has 0 saturated heterocycles. The molecule has 1 unspecified atom stereocenters. The molecule has 2 rings (SSSR count). The summed E-state index contributed by atoms with van der Waals surface area (Å²) in [5, 5.41) is 8.59. The van der Waals surface area contributed by atoms with E-state index >= 15 is 0 Å². The third kappa shape index (κ3) is 3.07. The first-order valence-electron chi connectivity index (χ1n) is 6.47. The lowest BCUT2D eigenvalue weighted by atomic mass is 10.2. The molecule has 0 amide bonds. The maximum absolute atomic E-state index is 13.0. The van der Waals surface area contributed by atoms with E-state index in [4.69, 9.17) is 4.74 Å². The Morgan fingerprint density at radius 2 is 2.19 bits per heavy atom. The minimum atomic E-state index is -4.71. The molecule has 9 heteroatoms. The van der Waals surface area contributed by atoms with Gasteiger partial charge in [-0.1, -0.05) is 6.92 Å². The fourth-order valence-electron chi connectivity index (χ4n) is 2.01. The Labute approximate surface area is 117 Å². The summed E-state index contributed by atoms with van der Waals surface area (Å²) in [6.07, 6.45) is -2.74. The Hall–Kier alpha value is -1.90. The number of hydrogen-bond acceptors (Lipinski definition) is 4. The largest absolute Gasteiger partial charge is 0.435 e. The molecule has 2 aromatic heterocycles. The summed E-state index contributed by atoms with van der Waals surface area (Å²) in [6, 6.07) is -0.446. The zero-order valence-corrected chi connectivity index (χ0v) is 11.6. The maximum Gasteiger partial charge on any atom is 0.435 e. The van der Waals surface area contributed by atoms with Crippen molar-refractivity contribution in [1.82, 2.24) is 20.0 Å². The highest BCUT2D eigenvalue weighted by Gasteiger charge is 2.38. The van der Waals surface area contributed by atoms with E-state index < -0.39 is 28.9 Å². The fraction of sp³-hybridized carbons (Fsp3) is 0.583. The minimum absolute atomic E-state index is 0.0404. The van der Waals surface area contributed by atoms with Gasteiger partial charge in [0.1, 0.15) is 5.39 Å². The van der Waals surface area contributed by atoms with Crippen LogP contribution in [0.2, 0.25) is 0 Å². The summed E-state index contributed by atoms with van der Waals surface area (Å²) < 4.78 is 45.5. The zero-order chi connectivity index (χ0) is 15.6. The van der Waals surface area contributed by atoms with Crippen LogP contribution >= 0.6 is 0 Å². The van der Waals surface area contributed by atoms with Crippen LogP contribution in [0.15, 0.2) is 11.0 Å². The lowest BCUT2D eigenvalue weighted by Crippen LogP contribution is -2.15. The van der Waals surface area contributed by atoms with Gasteiger partial charge in [-0.3, -0.25) is 9.48 Å². The second kappa shape index (κ2) is 5.84. The molecule has 116 valence electrons. The number of H-pyrrole nitrogens is 1. The van der Waals surface area contributed by atoms with E-state index in [1.807, 2.05) is 12.0 Å². The quantitative estimate of drug-likeness (QED) is 0.859. The number of nitrogens with one attached hydrogen (secondary N) is 1. The molecule has 0 spiro atoms. The normalized spacial score (nSPS) is 13.8. The first-order chi connectivity index (χ1) is 9.86. The van der Waals surface area contributed by atoms with E-state index in [0.717, 1.165) is 17.3 Å². The number of halogens is 3. The van der Waals surface area contributed by atoms with E-state index in [9.17, 15) is 18.0 Å². The van der Waals surface area contributed by atoms with Gasteiger partial charge in [-0.15, -0.1) is 0 Å². The average molecular weight is 304 g/mol. The fourth-order valence-corrected chi connectivity index (χ4v) is 2.01. The van der Waals surface area contributed by atoms with Crippen LogP contribution in [0, 0.1) is 0 Å². The molecule has 0 aromatic carbocycles. The lowest BCUT2D eigenvalue weighted by Gasteiger charge is -2.13. The number of fused-ring (bicyclic) bond motifs is 1. The van der Waals surface area contributed by atoms with E-state index in [1.54, 1.807) is 6.92 Å². The number of aromatic amines is 1. The summed E-state index contributed by atoms with van der Waals surface area (Å²) in [4.78, 5) is 11.6. The highest BCUT2D eigenvalue weighted by molar-refractivity contribution is 5.80. The molecule has 0 radical (unpaired) electrons. The van der Waals surface area contributed by atoms with Gasteiger partial charge in [0, 0.05) is 6.61 Å². The first kappa shape index (κ1) is 15.5. The van der Waals surface area contributed by atoms with Gasteiger partial charge in [-0.05, 0) is 13.3 Å². The van der Waals surface area contributed by atoms with Crippen molar-refractivity contribution in [3.8, 4) is 0 Å². The Kier molecular flexibility index (Phi) is 4.31. The highest BCUT2D eigenvalue weighted by atomic mass is 19.4. The van der Waals surface area contributed by atoms with Gasteiger partial charge in [0.25, 0.3) is 5.56 Å². The van der Waals surface area contributed by atoms with Gasteiger partial charge >= 0.3 is 6.18 Å². The van der Waals surface area contributed by atoms with Crippen LogP contribution in [0.5, 0.6) is 0 Å². The predicted molar refractivity (Wildman–Crippen MR) is 69.0 cm³/mol. The summed E-state index contributed by atoms with van der Waals surface area (Å²) in [5.41, 5.74) is -2.07. The van der Waals surface area contributed by atoms with Crippen LogP contribution in [0.25, 0.3) is 10.9 Å². The molecular weight excluding hydrogens is 289 g/mol. The number of nitrogens with zero attached hydrogens (tertiary/aromatic N) is 3. The number of aromatic nitrogens is 4. The predicted octanol–water partition coefficient (Wildman–Crippen LogP) is 2.13. The summed E-state index contributed by atoms with van der Waals surface area (Å²) in [7, 11) is 0.